The van der Waals surface area contributed by atoms with Crippen LogP contribution in [0.5, 0.6) is 0 Å². The number of hydrogen-bond acceptors (Lipinski definition) is 3. The molecule has 0 spiro atoms. The molecule has 0 aromatic carbocycles. The molecule has 0 radical (unpaired) electrons. The van der Waals surface area contributed by atoms with Crippen LogP contribution >= 0.6 is 11.8 Å². The summed E-state index contributed by atoms with van der Waals surface area (Å²) in [5, 5.41) is 3.31. The van der Waals surface area contributed by atoms with Crippen LogP contribution in [0.1, 0.15) is 24.6 Å². The maximum Gasteiger partial charge on any atom is 0.203 e. The van der Waals surface area contributed by atoms with E-state index in [2.05, 4.69) is 39.4 Å². The highest BCUT2D eigenvalue weighted by Crippen LogP contribution is 2.29. The molecule has 2 rings (SSSR count). The van der Waals surface area contributed by atoms with Crippen LogP contribution in [0.25, 0.3) is 0 Å². The van der Waals surface area contributed by atoms with Gasteiger partial charge in [-0.2, -0.15) is 11.8 Å². The van der Waals surface area contributed by atoms with Gasteiger partial charge in [0.15, 0.2) is 0 Å². The summed E-state index contributed by atoms with van der Waals surface area (Å²) in [6.07, 6.45) is 6.53. The molecule has 1 aliphatic rings. The minimum Gasteiger partial charge on any atom is -0.352 e. The lowest BCUT2D eigenvalue weighted by atomic mass is 10.1. The molecule has 88 valence electrons. The van der Waals surface area contributed by atoms with E-state index in [1.807, 2.05) is 13.0 Å². The monoisotopic (exact) mass is 237 g/mol. The Morgan fingerprint density at radius 3 is 3.06 bits per heavy atom. The molecule has 1 fully saturated rings. The van der Waals surface area contributed by atoms with Crippen molar-refractivity contribution in [1.82, 2.24) is 9.55 Å². The molecule has 1 aromatic rings. The Kier molecular flexibility index (Phi) is 3.93. The largest absolute Gasteiger partial charge is 0.352 e. The molecular formula is C12H19N3S. The highest BCUT2D eigenvalue weighted by atomic mass is 32.2. The fraction of sp³-hybridized carbons (Fsp3) is 0.583. The Hall–Kier alpha value is -0.900. The maximum absolute atomic E-state index is 4.52. The van der Waals surface area contributed by atoms with Crippen LogP contribution in [0.2, 0.25) is 0 Å². The van der Waals surface area contributed by atoms with Crippen LogP contribution in [-0.4, -0.2) is 27.6 Å². The Morgan fingerprint density at radius 1 is 1.62 bits per heavy atom. The molecule has 1 saturated heterocycles. The van der Waals surface area contributed by atoms with Crippen molar-refractivity contribution >= 4 is 17.7 Å². The molecule has 0 bridgehead atoms. The zero-order chi connectivity index (χ0) is 11.4. The number of hydrogen-bond donors (Lipinski definition) is 1. The van der Waals surface area contributed by atoms with Crippen molar-refractivity contribution in [1.29, 1.82) is 0 Å². The minimum absolute atomic E-state index is 0.620. The SMILES string of the molecule is C=CCNc1nc(C)cn1C1CCSCC1. The van der Waals surface area contributed by atoms with Crippen LogP contribution in [-0.2, 0) is 0 Å². The first-order valence-corrected chi connectivity index (χ1v) is 6.94. The van der Waals surface area contributed by atoms with Gasteiger partial charge in [-0.15, -0.1) is 6.58 Å². The average Bonchev–Trinajstić information content (AvgIpc) is 2.69. The van der Waals surface area contributed by atoms with Crippen molar-refractivity contribution in [3.63, 3.8) is 0 Å². The topological polar surface area (TPSA) is 29.9 Å². The molecule has 0 aliphatic carbocycles. The van der Waals surface area contributed by atoms with Gasteiger partial charge < -0.3 is 9.88 Å². The van der Waals surface area contributed by atoms with E-state index in [1.54, 1.807) is 0 Å². The fourth-order valence-electron chi connectivity index (χ4n) is 2.05. The van der Waals surface area contributed by atoms with E-state index in [0.717, 1.165) is 18.2 Å². The van der Waals surface area contributed by atoms with Gasteiger partial charge in [-0.3, -0.25) is 0 Å². The van der Waals surface area contributed by atoms with Gasteiger partial charge in [-0.1, -0.05) is 6.08 Å². The van der Waals surface area contributed by atoms with Crippen LogP contribution in [0.15, 0.2) is 18.9 Å². The molecule has 1 aromatic heterocycles. The number of aromatic nitrogens is 2. The second kappa shape index (κ2) is 5.43. The fourth-order valence-corrected chi connectivity index (χ4v) is 3.13. The normalized spacial score (nSPS) is 17.3. The van der Waals surface area contributed by atoms with Gasteiger partial charge in [0.05, 0.1) is 5.69 Å². The third kappa shape index (κ3) is 2.61. The number of nitrogens with zero attached hydrogens (tertiary/aromatic N) is 2. The van der Waals surface area contributed by atoms with Crippen LogP contribution in [0.3, 0.4) is 0 Å². The van der Waals surface area contributed by atoms with Crippen molar-refractivity contribution in [2.75, 3.05) is 23.4 Å². The smallest absolute Gasteiger partial charge is 0.203 e. The zero-order valence-corrected chi connectivity index (χ0v) is 10.6. The van der Waals surface area contributed by atoms with E-state index < -0.39 is 0 Å². The molecule has 1 N–H and O–H groups in total. The van der Waals surface area contributed by atoms with E-state index >= 15 is 0 Å². The predicted molar refractivity (Wildman–Crippen MR) is 71.2 cm³/mol. The molecule has 2 heterocycles. The number of anilines is 1. The second-order valence-electron chi connectivity index (χ2n) is 4.13. The Morgan fingerprint density at radius 2 is 2.38 bits per heavy atom. The zero-order valence-electron chi connectivity index (χ0n) is 9.78. The molecule has 0 unspecified atom stereocenters. The Bertz CT molecular complexity index is 353. The number of imidazole rings is 1. The lowest BCUT2D eigenvalue weighted by Crippen LogP contribution is -2.17. The number of nitrogens with one attached hydrogen (secondary N) is 1. The van der Waals surface area contributed by atoms with Gasteiger partial charge in [0.2, 0.25) is 5.95 Å². The van der Waals surface area contributed by atoms with Crippen LogP contribution in [0.4, 0.5) is 5.95 Å². The first kappa shape index (κ1) is 11.6. The first-order valence-electron chi connectivity index (χ1n) is 5.79. The van der Waals surface area contributed by atoms with E-state index in [1.165, 1.54) is 24.3 Å². The lowest BCUT2D eigenvalue weighted by Gasteiger charge is -2.24. The second-order valence-corrected chi connectivity index (χ2v) is 5.35. The van der Waals surface area contributed by atoms with Gasteiger partial charge >= 0.3 is 0 Å². The van der Waals surface area contributed by atoms with Crippen molar-refractivity contribution in [2.45, 2.75) is 25.8 Å². The molecule has 4 heteroatoms. The molecule has 3 nitrogen and oxygen atoms in total. The Labute approximate surface area is 101 Å². The third-order valence-corrected chi connectivity index (χ3v) is 3.89. The standard InChI is InChI=1S/C12H19N3S/c1-3-6-13-12-14-10(2)9-15(12)11-4-7-16-8-5-11/h3,9,11H,1,4-8H2,2H3,(H,13,14). The summed E-state index contributed by atoms with van der Waals surface area (Å²) in [4.78, 5) is 4.52. The minimum atomic E-state index is 0.620. The van der Waals surface area contributed by atoms with Gasteiger partial charge in [0.1, 0.15) is 0 Å². The summed E-state index contributed by atoms with van der Waals surface area (Å²) in [5.41, 5.74) is 1.09. The van der Waals surface area contributed by atoms with E-state index in [9.17, 15) is 0 Å². The number of aryl methyl sites for hydroxylation is 1. The van der Waals surface area contributed by atoms with Crippen molar-refractivity contribution < 1.29 is 0 Å². The van der Waals surface area contributed by atoms with Gasteiger partial charge in [-0.25, -0.2) is 4.98 Å². The first-order chi connectivity index (χ1) is 7.81. The molecule has 0 saturated carbocycles. The van der Waals surface area contributed by atoms with Gasteiger partial charge in [0, 0.05) is 18.8 Å². The number of thioether (sulfide) groups is 1. The maximum atomic E-state index is 4.52. The third-order valence-electron chi connectivity index (χ3n) is 2.84. The average molecular weight is 237 g/mol. The quantitative estimate of drug-likeness (QED) is 0.817. The highest BCUT2D eigenvalue weighted by Gasteiger charge is 2.18. The summed E-state index contributed by atoms with van der Waals surface area (Å²) >= 11 is 2.05. The van der Waals surface area contributed by atoms with Crippen LogP contribution < -0.4 is 5.32 Å². The summed E-state index contributed by atoms with van der Waals surface area (Å²) in [5.74, 6) is 3.53. The van der Waals surface area contributed by atoms with Gasteiger partial charge in [0.25, 0.3) is 0 Å². The van der Waals surface area contributed by atoms with E-state index in [0.29, 0.717) is 6.04 Å². The van der Waals surface area contributed by atoms with Crippen molar-refractivity contribution in [3.8, 4) is 0 Å². The van der Waals surface area contributed by atoms with Crippen LogP contribution in [0, 0.1) is 6.92 Å². The summed E-state index contributed by atoms with van der Waals surface area (Å²) in [7, 11) is 0. The van der Waals surface area contributed by atoms with E-state index in [4.69, 9.17) is 0 Å². The summed E-state index contributed by atoms with van der Waals surface area (Å²) < 4.78 is 2.30. The molecular weight excluding hydrogens is 218 g/mol. The number of rotatable bonds is 4. The summed E-state index contributed by atoms with van der Waals surface area (Å²) in [6, 6.07) is 0.620. The lowest BCUT2D eigenvalue weighted by molar-refractivity contribution is 0.473. The molecule has 16 heavy (non-hydrogen) atoms. The summed E-state index contributed by atoms with van der Waals surface area (Å²) in [6.45, 7) is 6.55. The Balaban J connectivity index is 2.13. The molecule has 1 aliphatic heterocycles. The molecule has 0 amide bonds. The van der Waals surface area contributed by atoms with E-state index in [-0.39, 0.29) is 0 Å². The van der Waals surface area contributed by atoms with Crippen molar-refractivity contribution in [2.24, 2.45) is 0 Å². The highest BCUT2D eigenvalue weighted by molar-refractivity contribution is 7.99. The van der Waals surface area contributed by atoms with Gasteiger partial charge in [-0.05, 0) is 31.3 Å². The predicted octanol–water partition coefficient (Wildman–Crippen LogP) is 2.86. The van der Waals surface area contributed by atoms with Crippen molar-refractivity contribution in [3.05, 3.63) is 24.5 Å². The molecule has 0 atom stereocenters.